The molecule has 0 aromatic heterocycles. The molecule has 0 atom stereocenters. The molecule has 7 heteroatoms. The first-order valence-corrected chi connectivity index (χ1v) is 11.2. The van der Waals surface area contributed by atoms with Crippen LogP contribution >= 0.6 is 0 Å². The Morgan fingerprint density at radius 3 is 1.94 bits per heavy atom. The average Bonchev–Trinajstić information content (AvgIpc) is 3.06. The second-order valence-electron chi connectivity index (χ2n) is 9.58. The van der Waals surface area contributed by atoms with Gasteiger partial charge in [0.2, 0.25) is 5.69 Å². The molecule has 34 heavy (non-hydrogen) atoms. The van der Waals surface area contributed by atoms with Crippen molar-refractivity contribution in [1.29, 1.82) is 0 Å². The van der Waals surface area contributed by atoms with Gasteiger partial charge in [0.15, 0.2) is 5.71 Å². The van der Waals surface area contributed by atoms with Crippen LogP contribution in [-0.2, 0) is 10.8 Å². The van der Waals surface area contributed by atoms with E-state index in [0.717, 1.165) is 0 Å². The molecule has 0 saturated heterocycles. The molecule has 2 aliphatic heterocycles. The molecule has 0 spiro atoms. The van der Waals surface area contributed by atoms with E-state index >= 15 is 0 Å². The Kier molecular flexibility index (Phi) is 6.97. The van der Waals surface area contributed by atoms with E-state index in [1.54, 1.807) is 0 Å². The number of nitrogens with zero attached hydrogens (tertiary/aromatic N) is 2. The van der Waals surface area contributed by atoms with Crippen molar-refractivity contribution in [2.45, 2.75) is 38.5 Å². The number of para-hydroxylation sites is 2. The number of rotatable bonds is 3. The minimum Gasteiger partial charge on any atom is -0.418 e. The maximum atomic E-state index is 9.75. The smallest absolute Gasteiger partial charge is 0.418 e. The van der Waals surface area contributed by atoms with Crippen molar-refractivity contribution in [3.05, 3.63) is 95.7 Å². The van der Waals surface area contributed by atoms with E-state index in [-0.39, 0.29) is 10.8 Å². The molecule has 2 heterocycles. The summed E-state index contributed by atoms with van der Waals surface area (Å²) in [6.07, 6.45) is 10.9. The molecule has 0 N–H and O–H groups in total. The fourth-order valence-electron chi connectivity index (χ4n) is 4.96. The number of hydrogen-bond acceptors (Lipinski definition) is 1. The third-order valence-corrected chi connectivity index (χ3v) is 6.61. The van der Waals surface area contributed by atoms with Crippen LogP contribution in [0.3, 0.4) is 0 Å². The Labute approximate surface area is 199 Å². The van der Waals surface area contributed by atoms with Gasteiger partial charge in [-0.2, -0.15) is 4.58 Å². The van der Waals surface area contributed by atoms with E-state index in [1.165, 1.54) is 33.9 Å². The molecule has 0 bridgehead atoms. The molecule has 2 aliphatic rings. The van der Waals surface area contributed by atoms with Gasteiger partial charge in [0.25, 0.3) is 0 Å². The average molecular weight is 470 g/mol. The standard InChI is InChI=1S/C27H31N2.BF4/c1-26(2)20-14-10-12-16-22(20)28(5)24(26)18-8-7-9-19-25-27(3,4)21-15-11-13-17-23(21)29(25)6;2-1(3,4)5/h7-19H,1-6H3;/q+1;-1. The summed E-state index contributed by atoms with van der Waals surface area (Å²) in [6.45, 7) is 9.20. The molecule has 0 unspecified atom stereocenters. The van der Waals surface area contributed by atoms with Gasteiger partial charge in [-0.15, -0.1) is 0 Å². The first-order chi connectivity index (χ1) is 15.8. The van der Waals surface area contributed by atoms with Crippen LogP contribution in [0.4, 0.5) is 28.6 Å². The molecule has 0 aliphatic carbocycles. The third kappa shape index (κ3) is 5.03. The van der Waals surface area contributed by atoms with Crippen LogP contribution in [-0.4, -0.2) is 31.6 Å². The minimum absolute atomic E-state index is 0.0173. The van der Waals surface area contributed by atoms with E-state index in [0.29, 0.717) is 0 Å². The molecular formula is C27H31BF4N2. The van der Waals surface area contributed by atoms with E-state index in [9.17, 15) is 17.3 Å². The first kappa shape index (κ1) is 25.5. The van der Waals surface area contributed by atoms with Crippen LogP contribution in [0.5, 0.6) is 0 Å². The predicted octanol–water partition coefficient (Wildman–Crippen LogP) is 7.42. The Hall–Kier alpha value is -3.09. The lowest BCUT2D eigenvalue weighted by atomic mass is 9.81. The van der Waals surface area contributed by atoms with Crippen LogP contribution in [0.25, 0.3) is 0 Å². The zero-order valence-corrected chi connectivity index (χ0v) is 20.5. The van der Waals surface area contributed by atoms with Gasteiger partial charge in [-0.3, -0.25) is 0 Å². The van der Waals surface area contributed by atoms with Gasteiger partial charge in [0, 0.05) is 41.6 Å². The molecule has 0 radical (unpaired) electrons. The SMILES string of the molecule is CN1C(=CC=CC=CC2=[N+](C)c3ccccc3C2(C)C)C(C)(C)c2ccccc21.F[B-](F)(F)F. The van der Waals surface area contributed by atoms with Gasteiger partial charge in [-0.1, -0.05) is 68.5 Å². The predicted molar refractivity (Wildman–Crippen MR) is 135 cm³/mol. The monoisotopic (exact) mass is 470 g/mol. The largest absolute Gasteiger partial charge is 0.673 e. The second-order valence-corrected chi connectivity index (χ2v) is 9.58. The highest BCUT2D eigenvalue weighted by Gasteiger charge is 2.42. The Morgan fingerprint density at radius 1 is 0.794 bits per heavy atom. The zero-order valence-electron chi connectivity index (χ0n) is 20.5. The quantitative estimate of drug-likeness (QED) is 0.196. The normalized spacial score (nSPS) is 19.6. The molecule has 0 amide bonds. The van der Waals surface area contributed by atoms with Crippen LogP contribution in [0.1, 0.15) is 38.8 Å². The number of likely N-dealkylation sites (N-methyl/N-ethyl adjacent to an activating group) is 1. The molecule has 2 aromatic carbocycles. The minimum atomic E-state index is -6.00. The number of allylic oxidation sites excluding steroid dienone is 6. The summed E-state index contributed by atoms with van der Waals surface area (Å²) in [5.74, 6) is 0. The molecular weight excluding hydrogens is 439 g/mol. The van der Waals surface area contributed by atoms with Crippen molar-refractivity contribution in [2.24, 2.45) is 0 Å². The Bertz CT molecular complexity index is 1180. The number of fused-ring (bicyclic) bond motifs is 2. The highest BCUT2D eigenvalue weighted by Crippen LogP contribution is 2.46. The molecule has 180 valence electrons. The molecule has 0 fully saturated rings. The van der Waals surface area contributed by atoms with Crippen molar-refractivity contribution in [2.75, 3.05) is 19.0 Å². The molecule has 4 rings (SSSR count). The van der Waals surface area contributed by atoms with Crippen LogP contribution in [0.2, 0.25) is 0 Å². The Balaban J connectivity index is 0.000000588. The summed E-state index contributed by atoms with van der Waals surface area (Å²) in [5, 5.41) is 0. The van der Waals surface area contributed by atoms with Gasteiger partial charge < -0.3 is 22.2 Å². The Morgan fingerprint density at radius 2 is 1.35 bits per heavy atom. The summed E-state index contributed by atoms with van der Waals surface area (Å²) in [7, 11) is -1.68. The topological polar surface area (TPSA) is 6.25 Å². The van der Waals surface area contributed by atoms with Crippen molar-refractivity contribution in [3.63, 3.8) is 0 Å². The van der Waals surface area contributed by atoms with Gasteiger partial charge in [0.05, 0.1) is 5.41 Å². The lowest BCUT2D eigenvalue weighted by molar-refractivity contribution is -0.401. The van der Waals surface area contributed by atoms with E-state index < -0.39 is 7.25 Å². The highest BCUT2D eigenvalue weighted by molar-refractivity contribution is 6.50. The molecule has 0 saturated carbocycles. The highest BCUT2D eigenvalue weighted by atomic mass is 19.5. The summed E-state index contributed by atoms with van der Waals surface area (Å²) in [4.78, 5) is 2.31. The fourth-order valence-corrected chi connectivity index (χ4v) is 4.96. The number of benzene rings is 2. The van der Waals surface area contributed by atoms with E-state index in [4.69, 9.17) is 0 Å². The van der Waals surface area contributed by atoms with Crippen molar-refractivity contribution in [1.82, 2.24) is 0 Å². The summed E-state index contributed by atoms with van der Waals surface area (Å²) in [6, 6.07) is 17.4. The maximum Gasteiger partial charge on any atom is 0.673 e. The van der Waals surface area contributed by atoms with Crippen LogP contribution < -0.4 is 4.90 Å². The second kappa shape index (κ2) is 9.28. The number of anilines is 1. The van der Waals surface area contributed by atoms with Gasteiger partial charge in [-0.25, -0.2) is 0 Å². The summed E-state index contributed by atoms with van der Waals surface area (Å²) in [5.41, 5.74) is 8.06. The molecule has 2 aromatic rings. The summed E-state index contributed by atoms with van der Waals surface area (Å²) >= 11 is 0. The lowest BCUT2D eigenvalue weighted by Crippen LogP contribution is -2.26. The van der Waals surface area contributed by atoms with Crippen molar-refractivity contribution >= 4 is 24.3 Å². The van der Waals surface area contributed by atoms with Crippen LogP contribution in [0, 0.1) is 0 Å². The lowest BCUT2D eigenvalue weighted by Gasteiger charge is -2.23. The third-order valence-electron chi connectivity index (χ3n) is 6.61. The first-order valence-electron chi connectivity index (χ1n) is 11.2. The fraction of sp³-hybridized carbons (Fsp3) is 0.296. The van der Waals surface area contributed by atoms with Gasteiger partial charge in [-0.05, 0) is 31.6 Å². The van der Waals surface area contributed by atoms with E-state index in [1.807, 2.05) is 0 Å². The van der Waals surface area contributed by atoms with E-state index in [2.05, 4.69) is 130 Å². The molecule has 2 nitrogen and oxygen atoms in total. The van der Waals surface area contributed by atoms with Crippen molar-refractivity contribution in [3.8, 4) is 0 Å². The summed E-state index contributed by atoms with van der Waals surface area (Å²) < 4.78 is 41.3. The van der Waals surface area contributed by atoms with Crippen LogP contribution in [0.15, 0.2) is 84.6 Å². The van der Waals surface area contributed by atoms with Gasteiger partial charge in [0.1, 0.15) is 7.05 Å². The number of hydrogen-bond donors (Lipinski definition) is 0. The van der Waals surface area contributed by atoms with Gasteiger partial charge >= 0.3 is 7.25 Å². The number of halogens is 4. The maximum absolute atomic E-state index is 9.75. The zero-order chi connectivity index (χ0) is 25.3. The van der Waals surface area contributed by atoms with Crippen molar-refractivity contribution < 1.29 is 21.8 Å².